The zero-order valence-electron chi connectivity index (χ0n) is 7.29. The molecule has 0 aliphatic carbocycles. The highest BCUT2D eigenvalue weighted by Gasteiger charge is 2.00. The average molecular weight is 175 g/mol. The van der Waals surface area contributed by atoms with Crippen molar-refractivity contribution in [3.63, 3.8) is 0 Å². The van der Waals surface area contributed by atoms with Gasteiger partial charge in [0.15, 0.2) is 0 Å². The Bertz CT molecular complexity index is 385. The van der Waals surface area contributed by atoms with Crippen LogP contribution in [0, 0.1) is 6.07 Å². The molecule has 2 aromatic rings. The maximum absolute atomic E-state index is 3.23. The topological polar surface area (TPSA) is 0 Å². The van der Waals surface area contributed by atoms with Crippen molar-refractivity contribution < 1.29 is 0 Å². The van der Waals surface area contributed by atoms with Gasteiger partial charge >= 0.3 is 0 Å². The number of hydrogen-bond donors (Lipinski definition) is 0. The lowest BCUT2D eigenvalue weighted by atomic mass is 10.0. The number of hydrogen-bond acceptors (Lipinski definition) is 1. The van der Waals surface area contributed by atoms with Gasteiger partial charge in [0, 0.05) is 16.2 Å². The fourth-order valence-corrected chi connectivity index (χ4v) is 1.98. The molecule has 0 fully saturated rings. The number of rotatable bonds is 1. The minimum atomic E-state index is 0.614. The lowest BCUT2D eigenvalue weighted by Crippen LogP contribution is -1.84. The summed E-state index contributed by atoms with van der Waals surface area (Å²) in [6.07, 6.45) is 0. The third-order valence-corrected chi connectivity index (χ3v) is 2.92. The van der Waals surface area contributed by atoms with Crippen LogP contribution in [0.3, 0.4) is 0 Å². The highest BCUT2D eigenvalue weighted by atomic mass is 32.1. The first-order chi connectivity index (χ1) is 5.77. The van der Waals surface area contributed by atoms with Crippen LogP contribution in [0.4, 0.5) is 0 Å². The molecule has 12 heavy (non-hydrogen) atoms. The van der Waals surface area contributed by atoms with E-state index >= 15 is 0 Å². The first-order valence-corrected chi connectivity index (χ1v) is 5.04. The van der Waals surface area contributed by atoms with Gasteiger partial charge in [-0.3, -0.25) is 0 Å². The highest BCUT2D eigenvalue weighted by Crippen LogP contribution is 2.24. The Labute approximate surface area is 76.8 Å². The molecule has 1 aromatic carbocycles. The number of fused-ring (bicyclic) bond motifs is 1. The molecular weight excluding hydrogens is 164 g/mol. The minimum Gasteiger partial charge on any atom is -0.143 e. The second kappa shape index (κ2) is 2.91. The predicted octanol–water partition coefficient (Wildman–Crippen LogP) is 3.82. The third-order valence-electron chi connectivity index (χ3n) is 2.07. The zero-order valence-corrected chi connectivity index (χ0v) is 8.11. The smallest absolute Gasteiger partial charge is 0.0349 e. The predicted molar refractivity (Wildman–Crippen MR) is 54.8 cm³/mol. The van der Waals surface area contributed by atoms with E-state index in [4.69, 9.17) is 0 Å². The molecule has 1 heterocycles. The van der Waals surface area contributed by atoms with Crippen molar-refractivity contribution in [2.24, 2.45) is 0 Å². The van der Waals surface area contributed by atoms with E-state index in [9.17, 15) is 0 Å². The third kappa shape index (κ3) is 1.25. The molecule has 0 spiro atoms. The molecule has 0 bridgehead atoms. The Morgan fingerprint density at radius 1 is 1.33 bits per heavy atom. The van der Waals surface area contributed by atoms with Crippen LogP contribution in [-0.4, -0.2) is 0 Å². The second-order valence-electron chi connectivity index (χ2n) is 3.29. The van der Waals surface area contributed by atoms with Crippen molar-refractivity contribution >= 4 is 21.4 Å². The van der Waals surface area contributed by atoms with Crippen LogP contribution in [0.5, 0.6) is 0 Å². The Morgan fingerprint density at radius 3 is 2.92 bits per heavy atom. The standard InChI is InChI=1S/C11H11S/c1-8(2)9-3-4-11-10(7-9)5-6-12-11/h3-4,6-8H,1-2H3. The van der Waals surface area contributed by atoms with Crippen molar-refractivity contribution in [1.29, 1.82) is 0 Å². The van der Waals surface area contributed by atoms with Crippen LogP contribution in [0.1, 0.15) is 25.3 Å². The summed E-state index contributed by atoms with van der Waals surface area (Å²) in [5, 5.41) is 3.28. The van der Waals surface area contributed by atoms with Crippen molar-refractivity contribution in [1.82, 2.24) is 0 Å². The Kier molecular flexibility index (Phi) is 1.89. The van der Waals surface area contributed by atoms with Crippen LogP contribution in [0.2, 0.25) is 0 Å². The first kappa shape index (κ1) is 7.81. The Balaban J connectivity index is 2.60. The lowest BCUT2D eigenvalue weighted by Gasteiger charge is -2.03. The maximum Gasteiger partial charge on any atom is 0.0349 e. The van der Waals surface area contributed by atoms with E-state index in [-0.39, 0.29) is 0 Å². The summed E-state index contributed by atoms with van der Waals surface area (Å²) in [7, 11) is 0. The summed E-state index contributed by atoms with van der Waals surface area (Å²) in [6, 6.07) is 9.86. The van der Waals surface area contributed by atoms with Gasteiger partial charge in [-0.05, 0) is 29.0 Å². The van der Waals surface area contributed by atoms with E-state index in [1.165, 1.54) is 15.6 Å². The molecule has 0 aliphatic heterocycles. The monoisotopic (exact) mass is 175 g/mol. The van der Waals surface area contributed by atoms with Gasteiger partial charge in [0.1, 0.15) is 0 Å². The number of benzene rings is 1. The quantitative estimate of drug-likeness (QED) is 0.618. The molecule has 1 heteroatoms. The summed E-state index contributed by atoms with van der Waals surface area (Å²) in [5.41, 5.74) is 1.40. The molecular formula is C11H11S. The van der Waals surface area contributed by atoms with Gasteiger partial charge in [0.2, 0.25) is 0 Å². The Morgan fingerprint density at radius 2 is 2.17 bits per heavy atom. The van der Waals surface area contributed by atoms with Crippen molar-refractivity contribution in [3.8, 4) is 0 Å². The number of thiophene rings is 1. The van der Waals surface area contributed by atoms with E-state index in [2.05, 4.69) is 38.1 Å². The normalized spacial score (nSPS) is 11.2. The second-order valence-corrected chi connectivity index (χ2v) is 4.20. The van der Waals surface area contributed by atoms with Gasteiger partial charge in [0.25, 0.3) is 0 Å². The molecule has 2 rings (SSSR count). The molecule has 0 nitrogen and oxygen atoms in total. The zero-order chi connectivity index (χ0) is 8.55. The van der Waals surface area contributed by atoms with Gasteiger partial charge in [-0.1, -0.05) is 19.9 Å². The fraction of sp³-hybridized carbons (Fsp3) is 0.273. The van der Waals surface area contributed by atoms with Crippen LogP contribution in [0.15, 0.2) is 23.6 Å². The van der Waals surface area contributed by atoms with Gasteiger partial charge in [0.05, 0.1) is 0 Å². The van der Waals surface area contributed by atoms with Gasteiger partial charge in [-0.2, -0.15) is 0 Å². The molecule has 0 amide bonds. The average Bonchev–Trinajstić information content (AvgIpc) is 2.49. The van der Waals surface area contributed by atoms with Crippen molar-refractivity contribution in [2.45, 2.75) is 19.8 Å². The molecule has 0 saturated carbocycles. The molecule has 0 atom stereocenters. The van der Waals surface area contributed by atoms with E-state index in [1.54, 1.807) is 11.3 Å². The summed E-state index contributed by atoms with van der Waals surface area (Å²) in [6.45, 7) is 4.43. The van der Waals surface area contributed by atoms with Crippen LogP contribution < -0.4 is 0 Å². The van der Waals surface area contributed by atoms with E-state index in [0.29, 0.717) is 5.92 Å². The fourth-order valence-electron chi connectivity index (χ4n) is 1.28. The first-order valence-electron chi connectivity index (χ1n) is 4.16. The van der Waals surface area contributed by atoms with Gasteiger partial charge < -0.3 is 0 Å². The molecule has 0 aliphatic rings. The molecule has 61 valence electrons. The molecule has 0 unspecified atom stereocenters. The Hall–Kier alpha value is -0.820. The molecule has 1 aromatic heterocycles. The molecule has 0 N–H and O–H groups in total. The maximum atomic E-state index is 3.23. The van der Waals surface area contributed by atoms with Gasteiger partial charge in [-0.15, -0.1) is 11.3 Å². The van der Waals surface area contributed by atoms with Crippen molar-refractivity contribution in [2.75, 3.05) is 0 Å². The molecule has 1 radical (unpaired) electrons. The van der Waals surface area contributed by atoms with Crippen LogP contribution in [0.25, 0.3) is 10.1 Å². The van der Waals surface area contributed by atoms with Crippen LogP contribution >= 0.6 is 11.3 Å². The SMILES string of the molecule is CC(C)c1ccc2sc[c]c2c1. The summed E-state index contributed by atoms with van der Waals surface area (Å²) in [5.74, 6) is 0.614. The minimum absolute atomic E-state index is 0.614. The largest absolute Gasteiger partial charge is 0.143 e. The summed E-state index contributed by atoms with van der Waals surface area (Å²) in [4.78, 5) is 0. The van der Waals surface area contributed by atoms with Crippen LogP contribution in [-0.2, 0) is 0 Å². The van der Waals surface area contributed by atoms with E-state index in [1.807, 2.05) is 5.38 Å². The molecule has 0 saturated heterocycles. The van der Waals surface area contributed by atoms with E-state index < -0.39 is 0 Å². The summed E-state index contributed by atoms with van der Waals surface area (Å²) < 4.78 is 1.33. The van der Waals surface area contributed by atoms with Crippen molar-refractivity contribution in [3.05, 3.63) is 35.2 Å². The van der Waals surface area contributed by atoms with Gasteiger partial charge in [-0.25, -0.2) is 0 Å². The lowest BCUT2D eigenvalue weighted by molar-refractivity contribution is 0.869. The highest BCUT2D eigenvalue weighted by molar-refractivity contribution is 7.17. The van der Waals surface area contributed by atoms with E-state index in [0.717, 1.165) is 0 Å². The summed E-state index contributed by atoms with van der Waals surface area (Å²) >= 11 is 1.75.